The molecule has 0 saturated carbocycles. The number of esters is 1. The Morgan fingerprint density at radius 2 is 1.79 bits per heavy atom. The number of halogens is 1. The molecule has 3 nitrogen and oxygen atoms in total. The molecule has 0 bridgehead atoms. The maximum atomic E-state index is 11.7. The normalized spacial score (nSPS) is 15.6. The lowest BCUT2D eigenvalue weighted by Crippen LogP contribution is -2.31. The Bertz CT molecular complexity index is 364. The Morgan fingerprint density at radius 1 is 1.11 bits per heavy atom. The van der Waals surface area contributed by atoms with Gasteiger partial charge in [0.25, 0.3) is 0 Å². The molecule has 1 aliphatic heterocycles. The topological polar surface area (TPSA) is 29.5 Å². The number of piperidine rings is 1. The summed E-state index contributed by atoms with van der Waals surface area (Å²) in [6, 6.07) is 9.17. The smallest absolute Gasteiger partial charge is 0.338 e. The summed E-state index contributed by atoms with van der Waals surface area (Å²) in [5.41, 5.74) is 0.635. The second-order valence-corrected chi connectivity index (χ2v) is 4.76. The number of hydrogen-bond acceptors (Lipinski definition) is 3. The highest BCUT2D eigenvalue weighted by atomic mass is 35.5. The highest BCUT2D eigenvalue weighted by molar-refractivity contribution is 5.89. The van der Waals surface area contributed by atoms with Crippen LogP contribution >= 0.6 is 12.4 Å². The van der Waals surface area contributed by atoms with Gasteiger partial charge in [0.1, 0.15) is 0 Å². The van der Waals surface area contributed by atoms with E-state index in [0.29, 0.717) is 12.2 Å². The Morgan fingerprint density at radius 3 is 2.47 bits per heavy atom. The molecule has 1 heterocycles. The maximum Gasteiger partial charge on any atom is 0.338 e. The van der Waals surface area contributed by atoms with Crippen LogP contribution in [-0.2, 0) is 4.74 Å². The van der Waals surface area contributed by atoms with E-state index in [1.807, 2.05) is 18.2 Å². The van der Waals surface area contributed by atoms with Crippen molar-refractivity contribution in [1.82, 2.24) is 4.90 Å². The highest BCUT2D eigenvalue weighted by Crippen LogP contribution is 2.09. The lowest BCUT2D eigenvalue weighted by atomic mass is 10.1. The van der Waals surface area contributed by atoms with Crippen LogP contribution in [0, 0.1) is 0 Å². The molecule has 1 fully saturated rings. The minimum absolute atomic E-state index is 0. The molecule has 106 valence electrons. The zero-order valence-electron chi connectivity index (χ0n) is 11.2. The first-order valence-corrected chi connectivity index (χ1v) is 6.81. The molecule has 1 saturated heterocycles. The Kier molecular flexibility index (Phi) is 7.53. The number of ether oxygens (including phenoxy) is 1. The summed E-state index contributed by atoms with van der Waals surface area (Å²) in [6.07, 6.45) is 4.91. The number of rotatable bonds is 5. The number of carbonyl (C=O) groups excluding carboxylic acids is 1. The summed E-state index contributed by atoms with van der Waals surface area (Å²) < 4.78 is 5.25. The third-order valence-electron chi connectivity index (χ3n) is 3.31. The number of nitrogens with zero attached hydrogens (tertiary/aromatic N) is 1. The Hall–Kier alpha value is -1.06. The molecule has 0 atom stereocenters. The Balaban J connectivity index is 0.00000180. The van der Waals surface area contributed by atoms with E-state index in [-0.39, 0.29) is 18.4 Å². The van der Waals surface area contributed by atoms with Gasteiger partial charge in [0.15, 0.2) is 0 Å². The van der Waals surface area contributed by atoms with Crippen LogP contribution in [0.2, 0.25) is 0 Å². The van der Waals surface area contributed by atoms with Crippen LogP contribution < -0.4 is 0 Å². The minimum atomic E-state index is -0.214. The lowest BCUT2D eigenvalue weighted by Gasteiger charge is -2.26. The standard InChI is InChI=1S/C15H21NO2.ClH/c17-15(14-8-3-1-4-9-14)18-13-7-12-16-10-5-2-6-11-16;/h1,3-4,8-9H,2,5-7,10-13H2;1H. The first-order valence-electron chi connectivity index (χ1n) is 6.81. The van der Waals surface area contributed by atoms with Gasteiger partial charge in [-0.3, -0.25) is 0 Å². The molecule has 0 radical (unpaired) electrons. The Labute approximate surface area is 121 Å². The van der Waals surface area contributed by atoms with Gasteiger partial charge in [0.2, 0.25) is 0 Å². The third kappa shape index (κ3) is 5.62. The van der Waals surface area contributed by atoms with Crippen molar-refractivity contribution in [1.29, 1.82) is 0 Å². The van der Waals surface area contributed by atoms with Gasteiger partial charge in [-0.15, -0.1) is 12.4 Å². The monoisotopic (exact) mass is 283 g/mol. The molecular formula is C15H22ClNO2. The second-order valence-electron chi connectivity index (χ2n) is 4.76. The predicted octanol–water partition coefficient (Wildman–Crippen LogP) is 3.14. The molecule has 19 heavy (non-hydrogen) atoms. The average Bonchev–Trinajstić information content (AvgIpc) is 2.45. The number of hydrogen-bond donors (Lipinski definition) is 0. The van der Waals surface area contributed by atoms with E-state index in [4.69, 9.17) is 4.74 Å². The van der Waals surface area contributed by atoms with E-state index in [0.717, 1.165) is 13.0 Å². The molecule has 0 spiro atoms. The summed E-state index contributed by atoms with van der Waals surface area (Å²) in [5.74, 6) is -0.214. The average molecular weight is 284 g/mol. The molecule has 0 amide bonds. The van der Waals surface area contributed by atoms with Crippen molar-refractivity contribution in [2.24, 2.45) is 0 Å². The van der Waals surface area contributed by atoms with E-state index in [9.17, 15) is 4.79 Å². The number of benzene rings is 1. The van der Waals surface area contributed by atoms with Crippen LogP contribution in [0.1, 0.15) is 36.0 Å². The van der Waals surface area contributed by atoms with Crippen LogP contribution in [0.15, 0.2) is 30.3 Å². The van der Waals surface area contributed by atoms with E-state index in [1.165, 1.54) is 32.4 Å². The molecule has 1 aromatic rings. The van der Waals surface area contributed by atoms with Gasteiger partial charge in [-0.25, -0.2) is 4.79 Å². The van der Waals surface area contributed by atoms with Crippen molar-refractivity contribution < 1.29 is 9.53 Å². The minimum Gasteiger partial charge on any atom is -0.462 e. The first-order chi connectivity index (χ1) is 8.86. The van der Waals surface area contributed by atoms with Gasteiger partial charge in [-0.05, 0) is 44.5 Å². The molecule has 1 aromatic carbocycles. The lowest BCUT2D eigenvalue weighted by molar-refractivity contribution is 0.0485. The van der Waals surface area contributed by atoms with E-state index >= 15 is 0 Å². The van der Waals surface area contributed by atoms with Crippen molar-refractivity contribution in [2.75, 3.05) is 26.2 Å². The maximum absolute atomic E-state index is 11.7. The van der Waals surface area contributed by atoms with Crippen LogP contribution in [-0.4, -0.2) is 37.1 Å². The van der Waals surface area contributed by atoms with Crippen molar-refractivity contribution in [3.63, 3.8) is 0 Å². The summed E-state index contributed by atoms with van der Waals surface area (Å²) >= 11 is 0. The third-order valence-corrected chi connectivity index (χ3v) is 3.31. The predicted molar refractivity (Wildman–Crippen MR) is 78.9 cm³/mol. The van der Waals surface area contributed by atoms with Crippen LogP contribution in [0.3, 0.4) is 0 Å². The first kappa shape index (κ1) is 16.0. The van der Waals surface area contributed by atoms with E-state index in [2.05, 4.69) is 4.90 Å². The summed E-state index contributed by atoms with van der Waals surface area (Å²) in [6.45, 7) is 3.96. The molecule has 0 unspecified atom stereocenters. The number of likely N-dealkylation sites (tertiary alicyclic amines) is 1. The molecule has 0 N–H and O–H groups in total. The van der Waals surface area contributed by atoms with Gasteiger partial charge in [-0.2, -0.15) is 0 Å². The molecular weight excluding hydrogens is 262 g/mol. The van der Waals surface area contributed by atoms with Crippen molar-refractivity contribution in [2.45, 2.75) is 25.7 Å². The van der Waals surface area contributed by atoms with Gasteiger partial charge in [0, 0.05) is 6.54 Å². The van der Waals surface area contributed by atoms with Gasteiger partial charge in [0.05, 0.1) is 12.2 Å². The molecule has 0 aliphatic carbocycles. The fourth-order valence-electron chi connectivity index (χ4n) is 2.29. The van der Waals surface area contributed by atoms with Crippen molar-refractivity contribution >= 4 is 18.4 Å². The SMILES string of the molecule is Cl.O=C(OCCCN1CCCCC1)c1ccccc1. The van der Waals surface area contributed by atoms with Crippen molar-refractivity contribution in [3.8, 4) is 0 Å². The summed E-state index contributed by atoms with van der Waals surface area (Å²) in [4.78, 5) is 14.1. The van der Waals surface area contributed by atoms with Gasteiger partial charge >= 0.3 is 5.97 Å². The summed E-state index contributed by atoms with van der Waals surface area (Å²) in [5, 5.41) is 0. The van der Waals surface area contributed by atoms with Gasteiger partial charge < -0.3 is 9.64 Å². The largest absolute Gasteiger partial charge is 0.462 e. The van der Waals surface area contributed by atoms with E-state index in [1.54, 1.807) is 12.1 Å². The van der Waals surface area contributed by atoms with Gasteiger partial charge in [-0.1, -0.05) is 24.6 Å². The fraction of sp³-hybridized carbons (Fsp3) is 0.533. The van der Waals surface area contributed by atoms with Crippen molar-refractivity contribution in [3.05, 3.63) is 35.9 Å². The molecule has 0 aromatic heterocycles. The zero-order valence-corrected chi connectivity index (χ0v) is 12.0. The van der Waals surface area contributed by atoms with E-state index < -0.39 is 0 Å². The molecule has 2 rings (SSSR count). The highest BCUT2D eigenvalue weighted by Gasteiger charge is 2.10. The molecule has 4 heteroatoms. The van der Waals surface area contributed by atoms with Crippen LogP contribution in [0.25, 0.3) is 0 Å². The van der Waals surface area contributed by atoms with Crippen LogP contribution in [0.5, 0.6) is 0 Å². The van der Waals surface area contributed by atoms with Crippen LogP contribution in [0.4, 0.5) is 0 Å². The zero-order chi connectivity index (χ0) is 12.6. The fourth-order valence-corrected chi connectivity index (χ4v) is 2.29. The summed E-state index contributed by atoms with van der Waals surface area (Å²) in [7, 11) is 0. The second kappa shape index (κ2) is 8.94. The quantitative estimate of drug-likeness (QED) is 0.614. The number of carbonyl (C=O) groups is 1. The molecule has 1 aliphatic rings.